The van der Waals surface area contributed by atoms with Gasteiger partial charge in [-0.1, -0.05) is 11.6 Å². The summed E-state index contributed by atoms with van der Waals surface area (Å²) < 4.78 is 28.2. The molecule has 1 fully saturated rings. The molecule has 110 valence electrons. The maximum atomic E-state index is 12.1. The van der Waals surface area contributed by atoms with E-state index >= 15 is 0 Å². The van der Waals surface area contributed by atoms with Gasteiger partial charge in [-0.05, 0) is 31.0 Å². The van der Waals surface area contributed by atoms with Crippen LogP contribution in [-0.4, -0.2) is 33.8 Å². The molecule has 5 nitrogen and oxygen atoms in total. The Morgan fingerprint density at radius 1 is 1.35 bits per heavy atom. The summed E-state index contributed by atoms with van der Waals surface area (Å²) in [5.74, 6) is -0.275. The van der Waals surface area contributed by atoms with Crippen molar-refractivity contribution in [2.24, 2.45) is 5.92 Å². The van der Waals surface area contributed by atoms with Gasteiger partial charge in [-0.2, -0.15) is 0 Å². The van der Waals surface area contributed by atoms with Gasteiger partial charge in [-0.25, -0.2) is 8.42 Å². The van der Waals surface area contributed by atoms with E-state index in [0.717, 1.165) is 6.26 Å². The molecule has 0 aromatic heterocycles. The van der Waals surface area contributed by atoms with Crippen LogP contribution < -0.4 is 5.32 Å². The van der Waals surface area contributed by atoms with Gasteiger partial charge in [0, 0.05) is 25.4 Å². The maximum absolute atomic E-state index is 12.1. The number of anilines is 1. The van der Waals surface area contributed by atoms with Gasteiger partial charge in [0.1, 0.15) is 0 Å². The average molecular weight is 318 g/mol. The molecule has 0 spiro atoms. The molecule has 1 aromatic rings. The quantitative estimate of drug-likeness (QED) is 0.926. The summed E-state index contributed by atoms with van der Waals surface area (Å²) in [6.07, 6.45) is 2.44. The minimum atomic E-state index is -3.33. The van der Waals surface area contributed by atoms with Crippen molar-refractivity contribution < 1.29 is 17.9 Å². The van der Waals surface area contributed by atoms with Crippen molar-refractivity contribution in [3.8, 4) is 0 Å². The van der Waals surface area contributed by atoms with E-state index < -0.39 is 9.84 Å². The van der Waals surface area contributed by atoms with E-state index in [2.05, 4.69) is 5.32 Å². The largest absolute Gasteiger partial charge is 0.381 e. The van der Waals surface area contributed by atoms with Crippen LogP contribution >= 0.6 is 11.6 Å². The van der Waals surface area contributed by atoms with Crippen LogP contribution in [0.2, 0.25) is 5.02 Å². The van der Waals surface area contributed by atoms with Crippen LogP contribution in [0.25, 0.3) is 0 Å². The Bertz CT molecular complexity index is 609. The van der Waals surface area contributed by atoms with E-state index in [0.29, 0.717) is 36.8 Å². The lowest BCUT2D eigenvalue weighted by Crippen LogP contribution is -2.28. The molecule has 1 aliphatic heterocycles. The first-order chi connectivity index (χ1) is 9.38. The normalized spacial score (nSPS) is 16.9. The van der Waals surface area contributed by atoms with Gasteiger partial charge in [-0.3, -0.25) is 4.79 Å². The van der Waals surface area contributed by atoms with E-state index in [-0.39, 0.29) is 16.7 Å². The highest BCUT2D eigenvalue weighted by Gasteiger charge is 2.22. The van der Waals surface area contributed by atoms with Crippen LogP contribution in [0, 0.1) is 5.92 Å². The fraction of sp³-hybridized carbons (Fsp3) is 0.462. The molecule has 0 radical (unpaired) electrons. The number of rotatable bonds is 3. The monoisotopic (exact) mass is 317 g/mol. The van der Waals surface area contributed by atoms with Crippen LogP contribution in [-0.2, 0) is 19.4 Å². The van der Waals surface area contributed by atoms with Gasteiger partial charge in [0.25, 0.3) is 0 Å². The van der Waals surface area contributed by atoms with E-state index in [1.165, 1.54) is 18.2 Å². The third-order valence-corrected chi connectivity index (χ3v) is 4.66. The summed E-state index contributed by atoms with van der Waals surface area (Å²) >= 11 is 6.00. The molecule has 0 unspecified atom stereocenters. The molecule has 0 bridgehead atoms. The predicted octanol–water partition coefficient (Wildman–Crippen LogP) is 2.11. The molecular weight excluding hydrogens is 302 g/mol. The summed E-state index contributed by atoms with van der Waals surface area (Å²) in [6.45, 7) is 1.13. The van der Waals surface area contributed by atoms with E-state index in [1.807, 2.05) is 0 Å². The minimum Gasteiger partial charge on any atom is -0.381 e. The Morgan fingerprint density at radius 2 is 2.00 bits per heavy atom. The Kier molecular flexibility index (Phi) is 4.67. The van der Waals surface area contributed by atoms with Crippen LogP contribution in [0.15, 0.2) is 23.1 Å². The van der Waals surface area contributed by atoms with Crippen molar-refractivity contribution in [2.75, 3.05) is 24.8 Å². The summed E-state index contributed by atoms with van der Waals surface area (Å²) in [5.41, 5.74) is 0.325. The second-order valence-corrected chi connectivity index (χ2v) is 7.21. The molecule has 0 atom stereocenters. The Labute approximate surface area is 123 Å². The molecular formula is C13H16ClNO4S. The van der Waals surface area contributed by atoms with E-state index in [1.54, 1.807) is 0 Å². The summed E-state index contributed by atoms with van der Waals surface area (Å²) in [6, 6.07) is 4.27. The van der Waals surface area contributed by atoms with Gasteiger partial charge in [0.2, 0.25) is 5.91 Å². The van der Waals surface area contributed by atoms with Gasteiger partial charge >= 0.3 is 0 Å². The smallest absolute Gasteiger partial charge is 0.227 e. The number of nitrogens with one attached hydrogen (secondary N) is 1. The van der Waals surface area contributed by atoms with Gasteiger partial charge in [0.05, 0.1) is 15.6 Å². The van der Waals surface area contributed by atoms with Crippen molar-refractivity contribution in [1.82, 2.24) is 0 Å². The molecule has 0 saturated carbocycles. The standard InChI is InChI=1S/C13H16ClNO4S/c1-20(17,18)10-2-3-11(14)12(8-10)15-13(16)9-4-6-19-7-5-9/h2-3,8-9H,4-7H2,1H3,(H,15,16). The number of ether oxygens (including phenoxy) is 1. The number of halogens is 1. The number of carbonyl (C=O) groups is 1. The lowest BCUT2D eigenvalue weighted by Gasteiger charge is -2.21. The molecule has 0 aliphatic carbocycles. The number of benzene rings is 1. The zero-order chi connectivity index (χ0) is 14.8. The molecule has 1 saturated heterocycles. The maximum Gasteiger partial charge on any atom is 0.227 e. The topological polar surface area (TPSA) is 72.5 Å². The fourth-order valence-corrected chi connectivity index (χ4v) is 2.84. The third-order valence-electron chi connectivity index (χ3n) is 3.22. The van der Waals surface area contributed by atoms with E-state index in [4.69, 9.17) is 16.3 Å². The van der Waals surface area contributed by atoms with Crippen molar-refractivity contribution in [3.63, 3.8) is 0 Å². The lowest BCUT2D eigenvalue weighted by atomic mass is 9.99. The van der Waals surface area contributed by atoms with Crippen molar-refractivity contribution in [1.29, 1.82) is 0 Å². The molecule has 1 aliphatic rings. The highest BCUT2D eigenvalue weighted by Crippen LogP contribution is 2.26. The number of amides is 1. The fourth-order valence-electron chi connectivity index (χ4n) is 2.03. The number of carbonyl (C=O) groups excluding carboxylic acids is 1. The van der Waals surface area contributed by atoms with Crippen molar-refractivity contribution >= 4 is 33.0 Å². The molecule has 1 heterocycles. The van der Waals surface area contributed by atoms with Crippen LogP contribution in [0.4, 0.5) is 5.69 Å². The SMILES string of the molecule is CS(=O)(=O)c1ccc(Cl)c(NC(=O)C2CCOCC2)c1. The Balaban J connectivity index is 2.18. The Hall–Kier alpha value is -1.11. The van der Waals surface area contributed by atoms with Gasteiger partial charge < -0.3 is 10.1 Å². The zero-order valence-electron chi connectivity index (χ0n) is 11.1. The first-order valence-corrected chi connectivity index (χ1v) is 8.53. The Morgan fingerprint density at radius 3 is 2.60 bits per heavy atom. The van der Waals surface area contributed by atoms with Crippen LogP contribution in [0.3, 0.4) is 0 Å². The highest BCUT2D eigenvalue weighted by atomic mass is 35.5. The lowest BCUT2D eigenvalue weighted by molar-refractivity contribution is -0.122. The number of hydrogen-bond donors (Lipinski definition) is 1. The highest BCUT2D eigenvalue weighted by molar-refractivity contribution is 7.90. The molecule has 1 N–H and O–H groups in total. The van der Waals surface area contributed by atoms with Gasteiger partial charge in [0.15, 0.2) is 9.84 Å². The second-order valence-electron chi connectivity index (χ2n) is 4.79. The molecule has 7 heteroatoms. The number of hydrogen-bond acceptors (Lipinski definition) is 4. The second kappa shape index (κ2) is 6.11. The van der Waals surface area contributed by atoms with Gasteiger partial charge in [-0.15, -0.1) is 0 Å². The first kappa shape index (κ1) is 15.3. The minimum absolute atomic E-state index is 0.123. The molecule has 2 rings (SSSR count). The summed E-state index contributed by atoms with van der Waals surface area (Å²) in [5, 5.41) is 3.02. The third kappa shape index (κ3) is 3.71. The molecule has 1 aromatic carbocycles. The predicted molar refractivity (Wildman–Crippen MR) is 76.7 cm³/mol. The first-order valence-electron chi connectivity index (χ1n) is 6.26. The molecule has 1 amide bonds. The molecule has 20 heavy (non-hydrogen) atoms. The van der Waals surface area contributed by atoms with Crippen molar-refractivity contribution in [3.05, 3.63) is 23.2 Å². The van der Waals surface area contributed by atoms with Crippen LogP contribution in [0.1, 0.15) is 12.8 Å². The van der Waals surface area contributed by atoms with E-state index in [9.17, 15) is 13.2 Å². The average Bonchev–Trinajstić information content (AvgIpc) is 2.41. The van der Waals surface area contributed by atoms with Crippen LogP contribution in [0.5, 0.6) is 0 Å². The number of sulfone groups is 1. The zero-order valence-corrected chi connectivity index (χ0v) is 12.6. The summed E-state index contributed by atoms with van der Waals surface area (Å²) in [4.78, 5) is 12.2. The van der Waals surface area contributed by atoms with Crippen molar-refractivity contribution in [2.45, 2.75) is 17.7 Å². The summed E-state index contributed by atoms with van der Waals surface area (Å²) in [7, 11) is -3.33.